The molecule has 1 aromatic carbocycles. The van der Waals surface area contributed by atoms with Gasteiger partial charge in [-0.2, -0.15) is 0 Å². The third-order valence-electron chi connectivity index (χ3n) is 11.0. The van der Waals surface area contributed by atoms with Gasteiger partial charge in [0.25, 0.3) is 11.5 Å². The fourth-order valence-electron chi connectivity index (χ4n) is 9.92. The lowest BCUT2D eigenvalue weighted by molar-refractivity contribution is -0.102. The predicted molar refractivity (Wildman–Crippen MR) is 132 cm³/mol. The van der Waals surface area contributed by atoms with E-state index in [-0.39, 0.29) is 28.5 Å². The van der Waals surface area contributed by atoms with E-state index in [0.29, 0.717) is 30.2 Å². The average molecular weight is 489 g/mol. The van der Waals surface area contributed by atoms with Crippen molar-refractivity contribution in [2.45, 2.75) is 62.4 Å². The SMILES string of the molecule is O=C(c1cc(=O)[nH]c(=O)[nH]1)N1C[C@H]2CC34CCC1C2C31CCN(CC2CC2)C4Cc2ccc(O)cc21. The number of nitrogens with zero attached hydrogens (tertiary/aromatic N) is 2. The lowest BCUT2D eigenvalue weighted by Gasteiger charge is -2.66. The van der Waals surface area contributed by atoms with Crippen molar-refractivity contribution >= 4 is 5.91 Å². The second-order valence-electron chi connectivity index (χ2n) is 12.4. The highest BCUT2D eigenvalue weighted by Gasteiger charge is 2.76. The number of phenols is 1. The molecule has 8 heteroatoms. The summed E-state index contributed by atoms with van der Waals surface area (Å²) in [5.74, 6) is 1.69. The van der Waals surface area contributed by atoms with Crippen LogP contribution >= 0.6 is 0 Å². The van der Waals surface area contributed by atoms with Crippen LogP contribution in [-0.4, -0.2) is 62.5 Å². The van der Waals surface area contributed by atoms with E-state index in [1.165, 1.54) is 36.6 Å². The lowest BCUT2D eigenvalue weighted by atomic mass is 9.43. The Morgan fingerprint density at radius 2 is 1.97 bits per heavy atom. The van der Waals surface area contributed by atoms with Crippen LogP contribution in [0.5, 0.6) is 5.75 Å². The smallest absolute Gasteiger partial charge is 0.326 e. The van der Waals surface area contributed by atoms with Crippen LogP contribution in [0.2, 0.25) is 0 Å². The number of benzene rings is 1. The van der Waals surface area contributed by atoms with Gasteiger partial charge in [0.15, 0.2) is 0 Å². The molecule has 5 unspecified atom stereocenters. The zero-order valence-electron chi connectivity index (χ0n) is 20.3. The number of nitrogens with one attached hydrogen (secondary N) is 2. The first kappa shape index (κ1) is 21.2. The predicted octanol–water partition coefficient (Wildman–Crippen LogP) is 1.99. The van der Waals surface area contributed by atoms with E-state index >= 15 is 0 Å². The van der Waals surface area contributed by atoms with E-state index in [9.17, 15) is 19.5 Å². The topological polar surface area (TPSA) is 109 Å². The summed E-state index contributed by atoms with van der Waals surface area (Å²) >= 11 is 0. The normalized spacial score (nSPS) is 38.1. The Morgan fingerprint density at radius 3 is 2.78 bits per heavy atom. The van der Waals surface area contributed by atoms with Crippen molar-refractivity contribution in [3.05, 3.63) is 61.9 Å². The number of piperidine rings is 1. The average Bonchev–Trinajstić information content (AvgIpc) is 3.53. The minimum atomic E-state index is -0.644. The number of likely N-dealkylation sites (tertiary alicyclic amines) is 2. The Hall–Kier alpha value is -2.87. The van der Waals surface area contributed by atoms with E-state index in [1.54, 1.807) is 0 Å². The van der Waals surface area contributed by atoms with Gasteiger partial charge in [-0.15, -0.1) is 0 Å². The molecule has 3 saturated carbocycles. The summed E-state index contributed by atoms with van der Waals surface area (Å²) < 4.78 is 0. The number of aromatic amines is 2. The third kappa shape index (κ3) is 2.56. The molecule has 3 N–H and O–H groups in total. The first-order valence-corrected chi connectivity index (χ1v) is 13.6. The molecule has 5 fully saturated rings. The van der Waals surface area contributed by atoms with Gasteiger partial charge in [-0.3, -0.25) is 19.5 Å². The standard InChI is InChI=1S/C28H32N4O4/c33-18-4-3-16-9-22-27-6-5-21-24(28(27,19(16)10-18)7-8-31(22)13-15-1-2-15)17(12-27)14-32(21)25(35)20-11-23(34)30-26(36)29-20/h3-4,10-11,15,17,21-22,24,33H,1-2,5-9,12-14H2,(H2,29,30,34,36)/t17-,21?,22?,24?,27?,28?/m1/s1. The number of aromatic hydroxyl groups is 1. The molecule has 2 aromatic rings. The number of aromatic nitrogens is 2. The molecule has 4 bridgehead atoms. The maximum atomic E-state index is 13.6. The number of hydrogen-bond donors (Lipinski definition) is 3. The van der Waals surface area contributed by atoms with Crippen molar-refractivity contribution in [2.75, 3.05) is 19.6 Å². The number of fused-ring (bicyclic) bond motifs is 1. The van der Waals surface area contributed by atoms with Gasteiger partial charge in [0.2, 0.25) is 0 Å². The molecule has 8 rings (SSSR count). The van der Waals surface area contributed by atoms with Crippen LogP contribution in [0.25, 0.3) is 0 Å². The van der Waals surface area contributed by atoms with Gasteiger partial charge in [0.05, 0.1) is 0 Å². The van der Waals surface area contributed by atoms with Crippen molar-refractivity contribution in [1.82, 2.24) is 19.8 Å². The minimum absolute atomic E-state index is 0.0335. The molecule has 2 aliphatic heterocycles. The number of amides is 1. The lowest BCUT2D eigenvalue weighted by Crippen LogP contribution is -2.70. The molecule has 188 valence electrons. The summed E-state index contributed by atoms with van der Waals surface area (Å²) in [6.07, 6.45) is 8.02. The maximum absolute atomic E-state index is 13.6. The highest BCUT2D eigenvalue weighted by atomic mass is 16.3. The molecule has 0 radical (unpaired) electrons. The van der Waals surface area contributed by atoms with Crippen LogP contribution in [0.1, 0.15) is 60.1 Å². The van der Waals surface area contributed by atoms with E-state index in [0.717, 1.165) is 44.6 Å². The Bertz CT molecular complexity index is 1380. The molecule has 6 atom stereocenters. The monoisotopic (exact) mass is 488 g/mol. The zero-order chi connectivity index (χ0) is 24.4. The molecule has 0 spiro atoms. The second kappa shape index (κ2) is 6.91. The summed E-state index contributed by atoms with van der Waals surface area (Å²) in [4.78, 5) is 46.9. The Balaban J connectivity index is 1.24. The molecule has 3 heterocycles. The third-order valence-corrected chi connectivity index (χ3v) is 11.0. The molecule has 1 amide bonds. The fourth-order valence-corrected chi connectivity index (χ4v) is 9.92. The Labute approximate surface area is 208 Å². The van der Waals surface area contributed by atoms with Gasteiger partial charge in [0.1, 0.15) is 11.4 Å². The number of H-pyrrole nitrogens is 2. The van der Waals surface area contributed by atoms with Crippen LogP contribution in [0.3, 0.4) is 0 Å². The summed E-state index contributed by atoms with van der Waals surface area (Å²) in [6.45, 7) is 2.98. The number of carbonyl (C=O) groups excluding carboxylic acids is 1. The van der Waals surface area contributed by atoms with Crippen molar-refractivity contribution < 1.29 is 9.90 Å². The van der Waals surface area contributed by atoms with Gasteiger partial charge in [-0.05, 0) is 97.9 Å². The summed E-state index contributed by atoms with van der Waals surface area (Å²) in [5.41, 5.74) is 1.75. The highest BCUT2D eigenvalue weighted by molar-refractivity contribution is 5.92. The first-order valence-electron chi connectivity index (χ1n) is 13.6. The van der Waals surface area contributed by atoms with E-state index < -0.39 is 11.2 Å². The van der Waals surface area contributed by atoms with E-state index in [2.05, 4.69) is 20.9 Å². The van der Waals surface area contributed by atoms with Gasteiger partial charge in [-0.25, -0.2) is 4.79 Å². The van der Waals surface area contributed by atoms with Crippen LogP contribution in [0.4, 0.5) is 0 Å². The van der Waals surface area contributed by atoms with Gasteiger partial charge < -0.3 is 15.0 Å². The second-order valence-corrected chi connectivity index (χ2v) is 12.4. The molecule has 8 nitrogen and oxygen atoms in total. The molecule has 36 heavy (non-hydrogen) atoms. The summed E-state index contributed by atoms with van der Waals surface area (Å²) in [6, 6.07) is 7.86. The van der Waals surface area contributed by atoms with Crippen molar-refractivity contribution in [2.24, 2.45) is 23.2 Å². The number of hydrogen-bond acceptors (Lipinski definition) is 5. The zero-order valence-corrected chi connectivity index (χ0v) is 20.3. The van der Waals surface area contributed by atoms with Crippen molar-refractivity contribution in [1.29, 1.82) is 0 Å². The van der Waals surface area contributed by atoms with Crippen molar-refractivity contribution in [3.8, 4) is 5.75 Å². The van der Waals surface area contributed by atoms with Crippen molar-refractivity contribution in [3.63, 3.8) is 0 Å². The quantitative estimate of drug-likeness (QED) is 0.612. The summed E-state index contributed by atoms with van der Waals surface area (Å²) in [5, 5.41) is 10.6. The fraction of sp³-hybridized carbons (Fsp3) is 0.607. The minimum Gasteiger partial charge on any atom is -0.508 e. The van der Waals surface area contributed by atoms with Crippen LogP contribution in [0.15, 0.2) is 33.9 Å². The van der Waals surface area contributed by atoms with Gasteiger partial charge >= 0.3 is 5.69 Å². The largest absolute Gasteiger partial charge is 0.508 e. The molecular formula is C28H32N4O4. The molecule has 1 aromatic heterocycles. The van der Waals surface area contributed by atoms with E-state index in [4.69, 9.17) is 0 Å². The van der Waals surface area contributed by atoms with E-state index in [1.807, 2.05) is 17.0 Å². The Morgan fingerprint density at radius 1 is 1.11 bits per heavy atom. The van der Waals surface area contributed by atoms with Crippen LogP contribution in [-0.2, 0) is 11.8 Å². The Kier molecular flexibility index (Phi) is 4.08. The number of rotatable bonds is 3. The molecular weight excluding hydrogens is 456 g/mol. The summed E-state index contributed by atoms with van der Waals surface area (Å²) in [7, 11) is 0. The van der Waals surface area contributed by atoms with Gasteiger partial charge in [-0.1, -0.05) is 6.07 Å². The first-order chi connectivity index (χ1) is 17.4. The highest BCUT2D eigenvalue weighted by Crippen LogP contribution is 2.75. The molecule has 6 aliphatic rings. The molecule has 4 aliphatic carbocycles. The number of phenolic OH excluding ortho intramolecular Hbond substituents is 1. The molecule has 2 saturated heterocycles. The van der Waals surface area contributed by atoms with Crippen LogP contribution < -0.4 is 11.2 Å². The van der Waals surface area contributed by atoms with Gasteiger partial charge in [0, 0.05) is 36.7 Å². The maximum Gasteiger partial charge on any atom is 0.326 e. The van der Waals surface area contributed by atoms with Crippen LogP contribution in [0, 0.1) is 23.2 Å². The number of carbonyl (C=O) groups is 1.